The third kappa shape index (κ3) is 5.69. The second kappa shape index (κ2) is 10.9. The van der Waals surface area contributed by atoms with Gasteiger partial charge in [-0.2, -0.15) is 0 Å². The molecular weight excluding hydrogens is 486 g/mol. The maximum absolute atomic E-state index is 6.09. The van der Waals surface area contributed by atoms with Crippen molar-refractivity contribution in [1.29, 1.82) is 0 Å². The highest BCUT2D eigenvalue weighted by atomic mass is 127. The lowest BCUT2D eigenvalue weighted by Gasteiger charge is -2.18. The zero-order valence-corrected chi connectivity index (χ0v) is 19.2. The van der Waals surface area contributed by atoms with E-state index in [0.29, 0.717) is 16.7 Å². The molecule has 0 bridgehead atoms. The normalized spacial score (nSPS) is 12.3. The van der Waals surface area contributed by atoms with Gasteiger partial charge in [0.2, 0.25) is 0 Å². The predicted octanol–water partition coefficient (Wildman–Crippen LogP) is 4.43. The summed E-state index contributed by atoms with van der Waals surface area (Å²) in [7, 11) is 5.31. The quantitative estimate of drug-likeness (QED) is 0.343. The van der Waals surface area contributed by atoms with E-state index in [0.717, 1.165) is 29.5 Å². The summed E-state index contributed by atoms with van der Waals surface area (Å²) in [5.41, 5.74) is 2.14. The number of ether oxygens (including phenoxy) is 1. The van der Waals surface area contributed by atoms with Gasteiger partial charge in [0, 0.05) is 32.3 Å². The van der Waals surface area contributed by atoms with Gasteiger partial charge in [-0.15, -0.1) is 24.0 Å². The van der Waals surface area contributed by atoms with E-state index in [1.807, 2.05) is 35.9 Å². The molecule has 8 heteroatoms. The van der Waals surface area contributed by atoms with Crippen molar-refractivity contribution in [2.75, 3.05) is 20.7 Å². The molecule has 2 N–H and O–H groups in total. The summed E-state index contributed by atoms with van der Waals surface area (Å²) >= 11 is 12.1. The second-order valence-electron chi connectivity index (χ2n) is 5.78. The maximum atomic E-state index is 6.09. The van der Waals surface area contributed by atoms with Gasteiger partial charge in [-0.05, 0) is 17.7 Å². The average Bonchev–Trinajstić information content (AvgIpc) is 2.88. The monoisotopic (exact) mass is 510 g/mol. The molecule has 5 nitrogen and oxygen atoms in total. The van der Waals surface area contributed by atoms with Crippen LogP contribution in [-0.2, 0) is 13.6 Å². The minimum atomic E-state index is 0. The molecule has 144 valence electrons. The average molecular weight is 511 g/mol. The molecule has 0 amide bonds. The Morgan fingerprint density at radius 3 is 2.54 bits per heavy atom. The zero-order chi connectivity index (χ0) is 18.4. The van der Waals surface area contributed by atoms with E-state index in [4.69, 9.17) is 27.9 Å². The lowest BCUT2D eigenvalue weighted by atomic mass is 10.0. The summed E-state index contributed by atoms with van der Waals surface area (Å²) in [5.74, 6) is 1.89. The van der Waals surface area contributed by atoms with Crippen molar-refractivity contribution in [3.05, 3.63) is 51.8 Å². The molecule has 0 saturated heterocycles. The number of halogens is 3. The first-order valence-electron chi connectivity index (χ1n) is 8.05. The summed E-state index contributed by atoms with van der Waals surface area (Å²) in [4.78, 5) is 4.26. The first-order chi connectivity index (χ1) is 12.0. The third-order valence-electron chi connectivity index (χ3n) is 4.12. The Kier molecular flexibility index (Phi) is 9.60. The number of methoxy groups -OCH3 is 1. The van der Waals surface area contributed by atoms with Crippen molar-refractivity contribution in [3.63, 3.8) is 0 Å². The summed E-state index contributed by atoms with van der Waals surface area (Å²) in [5, 5.41) is 7.69. The number of benzene rings is 1. The number of para-hydroxylation sites is 1. The Hall–Kier alpha value is -1.12. The van der Waals surface area contributed by atoms with E-state index in [9.17, 15) is 0 Å². The van der Waals surface area contributed by atoms with Crippen molar-refractivity contribution in [3.8, 4) is 5.75 Å². The van der Waals surface area contributed by atoms with Gasteiger partial charge >= 0.3 is 0 Å². The first-order valence-corrected chi connectivity index (χ1v) is 8.80. The second-order valence-corrected chi connectivity index (χ2v) is 6.55. The van der Waals surface area contributed by atoms with Crippen LogP contribution >= 0.6 is 47.2 Å². The van der Waals surface area contributed by atoms with Gasteiger partial charge in [0.15, 0.2) is 5.96 Å². The van der Waals surface area contributed by atoms with E-state index in [1.165, 1.54) is 0 Å². The Balaban J connectivity index is 0.00000338. The number of aromatic nitrogens is 1. The van der Waals surface area contributed by atoms with E-state index in [2.05, 4.69) is 28.6 Å². The van der Waals surface area contributed by atoms with Crippen molar-refractivity contribution in [2.45, 2.75) is 19.4 Å². The van der Waals surface area contributed by atoms with Gasteiger partial charge < -0.3 is 19.9 Å². The Bertz CT molecular complexity index is 749. The van der Waals surface area contributed by atoms with Crippen LogP contribution in [0.2, 0.25) is 10.2 Å². The van der Waals surface area contributed by atoms with Crippen LogP contribution < -0.4 is 15.4 Å². The predicted molar refractivity (Wildman–Crippen MR) is 120 cm³/mol. The topological polar surface area (TPSA) is 50.6 Å². The van der Waals surface area contributed by atoms with Crippen LogP contribution in [0.15, 0.2) is 35.3 Å². The molecule has 1 aromatic carbocycles. The molecular formula is C18H25Cl2IN4O. The minimum Gasteiger partial charge on any atom is -0.496 e. The van der Waals surface area contributed by atoms with Crippen molar-refractivity contribution < 1.29 is 4.74 Å². The number of aliphatic imine (C=N–C) groups is 1. The molecule has 0 radical (unpaired) electrons. The number of rotatable bonds is 6. The molecule has 0 aliphatic carbocycles. The molecule has 1 heterocycles. The van der Waals surface area contributed by atoms with Crippen LogP contribution in [0.3, 0.4) is 0 Å². The van der Waals surface area contributed by atoms with Gasteiger partial charge in [-0.1, -0.05) is 48.3 Å². The summed E-state index contributed by atoms with van der Waals surface area (Å²) in [6.45, 7) is 3.45. The minimum absolute atomic E-state index is 0. The fraction of sp³-hybridized carbons (Fsp3) is 0.389. The lowest BCUT2D eigenvalue weighted by Crippen LogP contribution is -2.39. The van der Waals surface area contributed by atoms with E-state index < -0.39 is 0 Å². The molecule has 2 rings (SSSR count). The molecule has 0 aliphatic rings. The van der Waals surface area contributed by atoms with Crippen LogP contribution in [0.1, 0.15) is 24.1 Å². The lowest BCUT2D eigenvalue weighted by molar-refractivity contribution is 0.406. The van der Waals surface area contributed by atoms with Gasteiger partial charge in [0.25, 0.3) is 0 Å². The van der Waals surface area contributed by atoms with Crippen LogP contribution in [0.25, 0.3) is 0 Å². The molecule has 1 atom stereocenters. The molecule has 1 aromatic heterocycles. The highest BCUT2D eigenvalue weighted by molar-refractivity contribution is 14.0. The Labute approximate surface area is 182 Å². The summed E-state index contributed by atoms with van der Waals surface area (Å²) in [6, 6.07) is 9.89. The summed E-state index contributed by atoms with van der Waals surface area (Å²) < 4.78 is 7.28. The van der Waals surface area contributed by atoms with Crippen LogP contribution in [0, 0.1) is 0 Å². The molecule has 0 spiro atoms. The Morgan fingerprint density at radius 2 is 1.96 bits per heavy atom. The van der Waals surface area contributed by atoms with Gasteiger partial charge in [0.1, 0.15) is 10.9 Å². The van der Waals surface area contributed by atoms with Gasteiger partial charge in [-0.25, -0.2) is 0 Å². The molecule has 0 saturated carbocycles. The molecule has 0 aliphatic heterocycles. The highest BCUT2D eigenvalue weighted by Crippen LogP contribution is 2.26. The van der Waals surface area contributed by atoms with Crippen molar-refractivity contribution in [2.24, 2.45) is 12.0 Å². The zero-order valence-electron chi connectivity index (χ0n) is 15.3. The fourth-order valence-electron chi connectivity index (χ4n) is 2.59. The van der Waals surface area contributed by atoms with Crippen LogP contribution in [0.5, 0.6) is 5.75 Å². The number of nitrogens with one attached hydrogen (secondary N) is 2. The van der Waals surface area contributed by atoms with Gasteiger partial charge in [-0.3, -0.25) is 4.99 Å². The number of guanidine groups is 1. The maximum Gasteiger partial charge on any atom is 0.191 e. The Morgan fingerprint density at radius 1 is 1.27 bits per heavy atom. The van der Waals surface area contributed by atoms with Crippen molar-refractivity contribution >= 4 is 53.1 Å². The van der Waals surface area contributed by atoms with Crippen LogP contribution in [-0.4, -0.2) is 31.2 Å². The third-order valence-corrected chi connectivity index (χ3v) is 4.96. The van der Waals surface area contributed by atoms with Crippen LogP contribution in [0.4, 0.5) is 0 Å². The number of hydrogen-bond acceptors (Lipinski definition) is 2. The molecule has 1 unspecified atom stereocenters. The highest BCUT2D eigenvalue weighted by Gasteiger charge is 2.12. The van der Waals surface area contributed by atoms with E-state index in [1.54, 1.807) is 14.2 Å². The van der Waals surface area contributed by atoms with Gasteiger partial charge in [0.05, 0.1) is 18.7 Å². The standard InChI is InChI=1S/C18H24Cl2N4O.HI/c1-12(14-7-5-6-8-16(14)25-4)10-22-18(21-2)23-11-13-9-15(19)17(20)24(13)3;/h5-9,12H,10-11H2,1-4H3,(H2,21,22,23);1H. The largest absolute Gasteiger partial charge is 0.496 e. The first kappa shape index (κ1) is 22.9. The number of hydrogen-bond donors (Lipinski definition) is 2. The molecule has 2 aromatic rings. The molecule has 26 heavy (non-hydrogen) atoms. The molecule has 0 fully saturated rings. The van der Waals surface area contributed by atoms with Crippen molar-refractivity contribution in [1.82, 2.24) is 15.2 Å². The van der Waals surface area contributed by atoms with E-state index in [-0.39, 0.29) is 29.9 Å². The smallest absolute Gasteiger partial charge is 0.191 e. The van der Waals surface area contributed by atoms with E-state index >= 15 is 0 Å². The number of nitrogens with zero attached hydrogens (tertiary/aromatic N) is 2. The fourth-order valence-corrected chi connectivity index (χ4v) is 3.00. The SMILES string of the molecule is CN=C(NCc1cc(Cl)c(Cl)n1C)NCC(C)c1ccccc1OC.I. The summed E-state index contributed by atoms with van der Waals surface area (Å²) in [6.07, 6.45) is 0.